The summed E-state index contributed by atoms with van der Waals surface area (Å²) in [4.78, 5) is 45.2. The highest BCUT2D eigenvalue weighted by molar-refractivity contribution is 7.22. The number of nitrogens with zero attached hydrogens (tertiary/aromatic N) is 5. The van der Waals surface area contributed by atoms with E-state index in [0.29, 0.717) is 44.3 Å². The van der Waals surface area contributed by atoms with Crippen molar-refractivity contribution in [1.29, 1.82) is 0 Å². The molecule has 1 heterocycles. The van der Waals surface area contributed by atoms with Crippen LogP contribution in [0.15, 0.2) is 154 Å². The predicted octanol–water partition coefficient (Wildman–Crippen LogP) is 13.3. The molecule has 10 rings (SSSR count). The Morgan fingerprint density at radius 3 is 1.95 bits per heavy atom. The fourth-order valence-corrected chi connectivity index (χ4v) is 9.17. The van der Waals surface area contributed by atoms with E-state index in [1.54, 1.807) is 30.3 Å². The second-order valence-electron chi connectivity index (χ2n) is 15.7. The predicted molar refractivity (Wildman–Crippen MR) is 246 cm³/mol. The van der Waals surface area contributed by atoms with Crippen LogP contribution in [0.4, 0.5) is 27.9 Å². The van der Waals surface area contributed by atoms with Crippen LogP contribution in [0.1, 0.15) is 84.6 Å². The average molecular weight is 845 g/mol. The molecule has 7 aromatic rings. The Bertz CT molecular complexity index is 3180. The van der Waals surface area contributed by atoms with Crippen LogP contribution in [-0.2, 0) is 0 Å². The summed E-state index contributed by atoms with van der Waals surface area (Å²) >= 11 is 1.32. The lowest BCUT2D eigenvalue weighted by molar-refractivity contribution is 0.0953. The van der Waals surface area contributed by atoms with E-state index in [4.69, 9.17) is 0 Å². The van der Waals surface area contributed by atoms with Crippen molar-refractivity contribution in [3.05, 3.63) is 178 Å². The number of amides is 1. The third kappa shape index (κ3) is 7.05. The summed E-state index contributed by atoms with van der Waals surface area (Å²) in [5.74, 6) is -2.09. The Hall–Kier alpha value is -7.96. The molecule has 3 N–H and O–H groups in total. The van der Waals surface area contributed by atoms with E-state index in [2.05, 4.69) is 30.8 Å². The van der Waals surface area contributed by atoms with Crippen molar-refractivity contribution in [2.75, 3.05) is 5.32 Å². The lowest BCUT2D eigenvalue weighted by Crippen LogP contribution is -2.13. The highest BCUT2D eigenvalue weighted by atomic mass is 32.1. The molecule has 0 aliphatic heterocycles. The van der Waals surface area contributed by atoms with Gasteiger partial charge in [0.25, 0.3) is 5.91 Å². The van der Waals surface area contributed by atoms with E-state index in [1.165, 1.54) is 11.3 Å². The van der Waals surface area contributed by atoms with E-state index in [-0.39, 0.29) is 51.7 Å². The lowest BCUT2D eigenvalue weighted by Gasteiger charge is -2.15. The number of carbonyl (C=O) groups is 3. The Labute approximate surface area is 365 Å². The minimum absolute atomic E-state index is 0.0178. The molecule has 1 amide bonds. The van der Waals surface area contributed by atoms with Crippen molar-refractivity contribution in [1.82, 2.24) is 4.98 Å². The van der Waals surface area contributed by atoms with Gasteiger partial charge in [-0.1, -0.05) is 122 Å². The number of hydrogen-bond donors (Lipinski definition) is 3. The first kappa shape index (κ1) is 39.2. The van der Waals surface area contributed by atoms with Gasteiger partial charge in [-0.3, -0.25) is 19.7 Å². The van der Waals surface area contributed by atoms with Crippen molar-refractivity contribution >= 4 is 79.1 Å². The fraction of sp³-hybridized carbons (Fsp3) is 0.0980. The Kier molecular flexibility index (Phi) is 9.84. The Morgan fingerprint density at radius 2 is 1.30 bits per heavy atom. The quantitative estimate of drug-likeness (QED) is 0.0966. The van der Waals surface area contributed by atoms with Crippen molar-refractivity contribution in [3.8, 4) is 22.6 Å². The number of carbonyl (C=O) groups excluding carboxylic acids is 3. The molecule has 2 unspecified atom stereocenters. The number of phenols is 2. The number of fused-ring (bicyclic) bond motifs is 7. The maximum atomic E-state index is 13.7. The van der Waals surface area contributed by atoms with Gasteiger partial charge in [0.15, 0.2) is 22.4 Å². The number of thiazole rings is 1. The first-order valence-electron chi connectivity index (χ1n) is 20.3. The van der Waals surface area contributed by atoms with Crippen molar-refractivity contribution in [3.63, 3.8) is 0 Å². The minimum atomic E-state index is -0.576. The van der Waals surface area contributed by atoms with Crippen LogP contribution >= 0.6 is 11.3 Å². The first-order chi connectivity index (χ1) is 30.6. The van der Waals surface area contributed by atoms with Crippen molar-refractivity contribution < 1.29 is 24.6 Å². The average Bonchev–Trinajstić information content (AvgIpc) is 3.94. The second kappa shape index (κ2) is 15.8. The number of phenolic OH excluding ortho intramolecular Hbond substituents is 2. The normalized spacial score (nSPS) is 16.2. The molecule has 0 radical (unpaired) electrons. The highest BCUT2D eigenvalue weighted by Crippen LogP contribution is 2.51. The number of hydrogen-bond acceptors (Lipinski definition) is 11. The van der Waals surface area contributed by atoms with Crippen LogP contribution in [0, 0.1) is 5.92 Å². The van der Waals surface area contributed by atoms with Crippen LogP contribution in [0.25, 0.3) is 33.5 Å². The number of benzene rings is 6. The summed E-state index contributed by atoms with van der Waals surface area (Å²) in [6.45, 7) is 3.92. The molecule has 0 saturated heterocycles. The number of rotatable bonds is 9. The summed E-state index contributed by atoms with van der Waals surface area (Å²) in [6.07, 6.45) is 11.3. The van der Waals surface area contributed by atoms with E-state index in [9.17, 15) is 24.6 Å². The van der Waals surface area contributed by atoms with Gasteiger partial charge >= 0.3 is 0 Å². The molecule has 2 atom stereocenters. The van der Waals surface area contributed by atoms with Gasteiger partial charge in [0, 0.05) is 22.6 Å². The standard InChI is InChI=1S/C51H36N6O5S/c1-27(2)36-25-38-42(33-10-4-6-12-35(33)46(38)58)44(48(36)60)56-54-30-21-17-28(18-22-30)15-16-29-19-23-31(24-20-29)55-57-45-43-37(32-9-3-5-11-34(32)47(43)59)26-39(49(45)61)50(62)53-51-52-40-13-7-8-14-41(40)63-51/h3-27,32,34,60-61H,1-2H3,(H,52,53,62). The maximum Gasteiger partial charge on any atom is 0.261 e. The number of para-hydroxylation sites is 1. The van der Waals surface area contributed by atoms with Gasteiger partial charge in [-0.25, -0.2) is 4.98 Å². The summed E-state index contributed by atoms with van der Waals surface area (Å²) in [5.41, 5.74) is 7.70. The maximum absolute atomic E-state index is 13.7. The number of ketones is 2. The molecule has 306 valence electrons. The van der Waals surface area contributed by atoms with E-state index in [0.717, 1.165) is 26.9 Å². The number of aromatic hydroxyl groups is 2. The van der Waals surface area contributed by atoms with E-state index < -0.39 is 17.6 Å². The molecule has 3 aliphatic rings. The largest absolute Gasteiger partial charge is 0.505 e. The fourth-order valence-electron chi connectivity index (χ4n) is 8.31. The highest BCUT2D eigenvalue weighted by Gasteiger charge is 2.42. The number of Topliss-reactive ketones (excluding diaryl/α,β-unsaturated/α-hetero) is 1. The smallest absolute Gasteiger partial charge is 0.261 e. The zero-order valence-electron chi connectivity index (χ0n) is 33.9. The topological polar surface area (TPSA) is 166 Å². The summed E-state index contributed by atoms with van der Waals surface area (Å²) in [5, 5.41) is 43.8. The first-order valence-corrected chi connectivity index (χ1v) is 21.2. The van der Waals surface area contributed by atoms with Crippen LogP contribution in [0.2, 0.25) is 0 Å². The molecule has 3 aliphatic carbocycles. The molecular weight excluding hydrogens is 809 g/mol. The third-order valence-corrected chi connectivity index (χ3v) is 12.5. The summed E-state index contributed by atoms with van der Waals surface area (Å²) in [6, 6.07) is 33.0. The van der Waals surface area contributed by atoms with Gasteiger partial charge in [-0.05, 0) is 82.3 Å². The second-order valence-corrected chi connectivity index (χ2v) is 16.8. The van der Waals surface area contributed by atoms with Gasteiger partial charge in [-0.2, -0.15) is 10.2 Å². The van der Waals surface area contributed by atoms with Crippen molar-refractivity contribution in [2.45, 2.75) is 25.7 Å². The van der Waals surface area contributed by atoms with Gasteiger partial charge in [0.05, 0.1) is 38.6 Å². The number of nitrogens with one attached hydrogen (secondary N) is 1. The Balaban J connectivity index is 0.871. The zero-order valence-corrected chi connectivity index (χ0v) is 34.7. The molecule has 12 heteroatoms. The molecule has 6 aromatic carbocycles. The molecular formula is C51H36N6O5S. The third-order valence-electron chi connectivity index (χ3n) is 11.5. The molecule has 63 heavy (non-hydrogen) atoms. The number of azo groups is 2. The molecule has 0 bridgehead atoms. The van der Waals surface area contributed by atoms with Crippen LogP contribution in [0.3, 0.4) is 0 Å². The Morgan fingerprint density at radius 1 is 0.698 bits per heavy atom. The van der Waals surface area contributed by atoms with Crippen LogP contribution in [-0.4, -0.2) is 32.7 Å². The van der Waals surface area contributed by atoms with Crippen LogP contribution < -0.4 is 5.32 Å². The monoisotopic (exact) mass is 844 g/mol. The molecule has 0 fully saturated rings. The molecule has 0 saturated carbocycles. The summed E-state index contributed by atoms with van der Waals surface area (Å²) in [7, 11) is 0. The van der Waals surface area contributed by atoms with Gasteiger partial charge in [0.1, 0.15) is 17.1 Å². The van der Waals surface area contributed by atoms with Gasteiger partial charge in [0.2, 0.25) is 0 Å². The van der Waals surface area contributed by atoms with E-state index in [1.807, 2.05) is 129 Å². The van der Waals surface area contributed by atoms with Crippen LogP contribution in [0.5, 0.6) is 11.5 Å². The van der Waals surface area contributed by atoms with Gasteiger partial charge < -0.3 is 10.2 Å². The zero-order chi connectivity index (χ0) is 43.4. The lowest BCUT2D eigenvalue weighted by atomic mass is 9.88. The number of allylic oxidation sites excluding steroid dienone is 4. The number of aromatic nitrogens is 1. The molecule has 11 nitrogen and oxygen atoms in total. The summed E-state index contributed by atoms with van der Waals surface area (Å²) < 4.78 is 0.908. The van der Waals surface area contributed by atoms with E-state index >= 15 is 0 Å². The van der Waals surface area contributed by atoms with Crippen molar-refractivity contribution in [2.24, 2.45) is 26.4 Å². The SMILES string of the molecule is CC(C)c1cc2c(c(N=Nc3ccc(C=Cc4ccc(N=Nc5c(O)c(C(=O)Nc6nc7ccccc7s6)cc6c5C(=O)C5C=CC=CC65)cc4)cc3)c1O)-c1ccccc1C2=O. The molecule has 0 spiro atoms. The number of anilines is 1. The minimum Gasteiger partial charge on any atom is -0.505 e. The molecule has 1 aromatic heterocycles. The van der Waals surface area contributed by atoms with Gasteiger partial charge in [-0.15, -0.1) is 10.2 Å².